The molecule has 0 saturated carbocycles. The van der Waals surface area contributed by atoms with E-state index in [1.54, 1.807) is 36.4 Å². The summed E-state index contributed by atoms with van der Waals surface area (Å²) in [4.78, 5) is 64.3. The van der Waals surface area contributed by atoms with E-state index in [4.69, 9.17) is 10.8 Å². The normalized spacial score (nSPS) is 10.7. The van der Waals surface area contributed by atoms with Crippen LogP contribution in [-0.2, 0) is 9.59 Å². The van der Waals surface area contributed by atoms with Crippen molar-refractivity contribution < 1.29 is 19.5 Å². The second-order valence-corrected chi connectivity index (χ2v) is 11.7. The highest BCUT2D eigenvalue weighted by Gasteiger charge is 2.09. The largest absolute Gasteiger partial charge is 0.465 e. The van der Waals surface area contributed by atoms with Crippen LogP contribution >= 0.6 is 12.4 Å². The van der Waals surface area contributed by atoms with Crippen molar-refractivity contribution in [2.75, 3.05) is 49.9 Å². The fraction of sp³-hybridized carbons (Fsp3) is 0.216. The van der Waals surface area contributed by atoms with E-state index >= 15 is 0 Å². The number of hydrogen-bond donors (Lipinski definition) is 9. The number of carbonyl (C=O) groups is 3. The van der Waals surface area contributed by atoms with Crippen molar-refractivity contribution in [1.82, 2.24) is 25.9 Å². The first kappa shape index (κ1) is 39.0. The van der Waals surface area contributed by atoms with Gasteiger partial charge in [-0.05, 0) is 91.8 Å². The number of anilines is 2. The summed E-state index contributed by atoms with van der Waals surface area (Å²) in [5.41, 5.74) is 7.95. The number of halogens is 1. The molecular formula is C37H41ClN8O6. The second kappa shape index (κ2) is 19.0. The first-order valence-electron chi connectivity index (χ1n) is 16.5. The molecule has 3 amide bonds. The number of carboxylic acid groups (broad SMARTS) is 1. The van der Waals surface area contributed by atoms with Gasteiger partial charge in [0.15, 0.2) is 0 Å². The molecule has 10 N–H and O–H groups in total. The number of benzene rings is 4. The smallest absolute Gasteiger partial charge is 0.404 e. The maximum Gasteiger partial charge on any atom is 0.404 e. The lowest BCUT2D eigenvalue weighted by Crippen LogP contribution is -2.31. The quantitative estimate of drug-likeness (QED) is 0.0621. The van der Waals surface area contributed by atoms with Gasteiger partial charge < -0.3 is 47.4 Å². The van der Waals surface area contributed by atoms with Crippen molar-refractivity contribution >= 4 is 85.0 Å². The lowest BCUT2D eigenvalue weighted by molar-refractivity contribution is -0.116. The highest BCUT2D eigenvalue weighted by molar-refractivity contribution is 6.08. The molecule has 6 rings (SSSR count). The van der Waals surface area contributed by atoms with Crippen LogP contribution in [0.5, 0.6) is 0 Å². The molecule has 2 aromatic heterocycles. The van der Waals surface area contributed by atoms with Gasteiger partial charge in [-0.25, -0.2) is 4.79 Å². The van der Waals surface area contributed by atoms with Crippen LogP contribution in [-0.4, -0.2) is 72.3 Å². The molecule has 4 aromatic carbocycles. The zero-order valence-electron chi connectivity index (χ0n) is 28.2. The summed E-state index contributed by atoms with van der Waals surface area (Å²) in [5, 5.41) is 27.1. The Kier molecular flexibility index (Phi) is 14.2. The van der Waals surface area contributed by atoms with Crippen molar-refractivity contribution in [3.63, 3.8) is 0 Å². The number of carbonyl (C=O) groups excluding carboxylic acids is 2. The third-order valence-electron chi connectivity index (χ3n) is 7.96. The zero-order valence-corrected chi connectivity index (χ0v) is 29.0. The van der Waals surface area contributed by atoms with E-state index in [0.29, 0.717) is 60.3 Å². The molecule has 14 nitrogen and oxygen atoms in total. The van der Waals surface area contributed by atoms with Crippen LogP contribution in [0.25, 0.3) is 43.4 Å². The number of nitrogens with two attached hydrogens (primary N) is 1. The van der Waals surface area contributed by atoms with Crippen LogP contribution in [0, 0.1) is 0 Å². The molecule has 52 heavy (non-hydrogen) atoms. The van der Waals surface area contributed by atoms with Crippen LogP contribution in [0.3, 0.4) is 0 Å². The fourth-order valence-electron chi connectivity index (χ4n) is 5.57. The van der Waals surface area contributed by atoms with Gasteiger partial charge in [0.25, 0.3) is 11.1 Å². The van der Waals surface area contributed by atoms with Gasteiger partial charge >= 0.3 is 6.09 Å². The van der Waals surface area contributed by atoms with Gasteiger partial charge in [-0.1, -0.05) is 36.4 Å². The van der Waals surface area contributed by atoms with Crippen LogP contribution in [0.2, 0.25) is 0 Å². The monoisotopic (exact) mass is 728 g/mol. The molecule has 0 bridgehead atoms. The van der Waals surface area contributed by atoms with Gasteiger partial charge in [0, 0.05) is 50.5 Å². The molecule has 6 aromatic rings. The van der Waals surface area contributed by atoms with Gasteiger partial charge in [0.2, 0.25) is 11.8 Å². The van der Waals surface area contributed by atoms with Crippen LogP contribution in [0.1, 0.15) is 12.8 Å². The first-order chi connectivity index (χ1) is 24.7. The van der Waals surface area contributed by atoms with Gasteiger partial charge in [-0.3, -0.25) is 19.2 Å². The average Bonchev–Trinajstić information content (AvgIpc) is 3.12. The SMILES string of the molecule is Cl.NCCCNCC(=O)Nc1ccc2[nH]c(=O)c3ccccc3c2c1.O=C(O)NCCCNCC(=O)Nc1ccc2[nH]c(=O)c3ccccc3c2c1. The summed E-state index contributed by atoms with van der Waals surface area (Å²) in [6.07, 6.45) is 0.371. The van der Waals surface area contributed by atoms with Crippen molar-refractivity contribution in [1.29, 1.82) is 0 Å². The first-order valence-corrected chi connectivity index (χ1v) is 16.5. The molecule has 15 heteroatoms. The van der Waals surface area contributed by atoms with E-state index < -0.39 is 6.09 Å². The number of fused-ring (bicyclic) bond motifs is 6. The van der Waals surface area contributed by atoms with Crippen LogP contribution < -0.4 is 43.4 Å². The van der Waals surface area contributed by atoms with Crippen LogP contribution in [0.15, 0.2) is 94.5 Å². The van der Waals surface area contributed by atoms with E-state index in [9.17, 15) is 24.0 Å². The number of hydrogen-bond acceptors (Lipinski definition) is 8. The molecule has 0 spiro atoms. The van der Waals surface area contributed by atoms with Gasteiger partial charge in [-0.2, -0.15) is 0 Å². The predicted molar refractivity (Wildman–Crippen MR) is 209 cm³/mol. The van der Waals surface area contributed by atoms with E-state index in [2.05, 4.69) is 36.6 Å². The maximum atomic E-state index is 12.1. The Balaban J connectivity index is 0.000000230. The number of pyridine rings is 2. The Morgan fingerprint density at radius 2 is 1.04 bits per heavy atom. The molecule has 0 atom stereocenters. The molecule has 0 saturated heterocycles. The summed E-state index contributed by atoms with van der Waals surface area (Å²) in [7, 11) is 0. The third-order valence-corrected chi connectivity index (χ3v) is 7.96. The highest BCUT2D eigenvalue weighted by Crippen LogP contribution is 2.25. The minimum atomic E-state index is -1.06. The van der Waals surface area contributed by atoms with E-state index in [1.807, 2.05) is 48.5 Å². The fourth-order valence-corrected chi connectivity index (χ4v) is 5.57. The molecule has 0 radical (unpaired) electrons. The average molecular weight is 729 g/mol. The topological polar surface area (TPSA) is 223 Å². The number of nitrogens with one attached hydrogen (secondary N) is 7. The molecule has 0 fully saturated rings. The third kappa shape index (κ3) is 10.4. The summed E-state index contributed by atoms with van der Waals surface area (Å²) >= 11 is 0. The Labute approximate surface area is 304 Å². The van der Waals surface area contributed by atoms with E-state index in [-0.39, 0.29) is 48.4 Å². The molecule has 0 aliphatic heterocycles. The van der Waals surface area contributed by atoms with Crippen molar-refractivity contribution in [3.05, 3.63) is 106 Å². The number of aromatic nitrogens is 2. The number of H-pyrrole nitrogens is 2. The van der Waals surface area contributed by atoms with E-state index in [1.165, 1.54) is 0 Å². The summed E-state index contributed by atoms with van der Waals surface area (Å²) in [6, 6.07) is 25.6. The van der Waals surface area contributed by atoms with Crippen LogP contribution in [0.4, 0.5) is 16.2 Å². The van der Waals surface area contributed by atoms with E-state index in [0.717, 1.165) is 33.5 Å². The molecule has 272 valence electrons. The minimum absolute atomic E-state index is 0. The predicted octanol–water partition coefficient (Wildman–Crippen LogP) is 3.85. The van der Waals surface area contributed by atoms with Crippen molar-refractivity contribution in [3.8, 4) is 0 Å². The minimum Gasteiger partial charge on any atom is -0.465 e. The highest BCUT2D eigenvalue weighted by atomic mass is 35.5. The van der Waals surface area contributed by atoms with Gasteiger partial charge in [0.1, 0.15) is 0 Å². The van der Waals surface area contributed by atoms with Crippen molar-refractivity contribution in [2.24, 2.45) is 5.73 Å². The van der Waals surface area contributed by atoms with Gasteiger partial charge in [0.05, 0.1) is 13.1 Å². The molecule has 0 aliphatic rings. The Bertz CT molecular complexity index is 2310. The summed E-state index contributed by atoms with van der Waals surface area (Å²) < 4.78 is 0. The molecule has 0 unspecified atom stereocenters. The number of rotatable bonds is 13. The lowest BCUT2D eigenvalue weighted by Gasteiger charge is -2.09. The molecule has 2 heterocycles. The summed E-state index contributed by atoms with van der Waals surface area (Å²) in [5.74, 6) is -0.311. The lowest BCUT2D eigenvalue weighted by atomic mass is 10.1. The van der Waals surface area contributed by atoms with Gasteiger partial charge in [-0.15, -0.1) is 12.4 Å². The number of aromatic amines is 2. The molecule has 0 aliphatic carbocycles. The Morgan fingerprint density at radius 1 is 0.596 bits per heavy atom. The summed E-state index contributed by atoms with van der Waals surface area (Å²) in [6.45, 7) is 2.54. The standard InChI is InChI=1S/C19H20N4O4.C18H20N4O2.ClH/c24-17(11-20-8-3-9-21-19(26)27)22-12-6-7-16-15(10-12)13-4-1-2-5-14(13)18(25)23-16;19-8-3-9-20-11-17(23)21-12-6-7-16-15(10-12)13-4-1-2-5-14(13)18(24)22-16;/h1-2,4-7,10,20-21H,3,8-9,11H2,(H,22,24)(H,23,25)(H,26,27);1-2,4-7,10,20H,3,8-9,11,19H2,(H,21,23)(H,22,24);1H. The second-order valence-electron chi connectivity index (χ2n) is 11.7. The Morgan fingerprint density at radius 3 is 1.48 bits per heavy atom. The maximum absolute atomic E-state index is 12.1. The zero-order chi connectivity index (χ0) is 36.2. The van der Waals surface area contributed by atoms with Crippen molar-refractivity contribution in [2.45, 2.75) is 12.8 Å². The number of amides is 3. The molecular weight excluding hydrogens is 688 g/mol. The Hall–Kier alpha value is -5.80.